The Kier molecular flexibility index (Phi) is 2.87. The Bertz CT molecular complexity index is 866. The van der Waals surface area contributed by atoms with Crippen molar-refractivity contribution < 1.29 is 4.79 Å². The number of hydrogen-bond donors (Lipinski definition) is 1. The van der Waals surface area contributed by atoms with Gasteiger partial charge in [-0.25, -0.2) is 0 Å². The molecule has 0 saturated heterocycles. The van der Waals surface area contributed by atoms with Crippen molar-refractivity contribution in [2.45, 2.75) is 26.2 Å². The molecular weight excluding hydrogens is 298 g/mol. The summed E-state index contributed by atoms with van der Waals surface area (Å²) in [4.78, 5) is 14.3. The third kappa shape index (κ3) is 1.89. The molecule has 1 aliphatic carbocycles. The Labute approximate surface area is 131 Å². The SMILES string of the molecule is Cc1nn(C)c2sc(C(=O)Nc3c4c(nn3C)CCC4)cc12. The van der Waals surface area contributed by atoms with Gasteiger partial charge in [0.05, 0.1) is 16.3 Å². The third-order valence-corrected chi connectivity index (χ3v) is 5.42. The average Bonchev–Trinajstić information content (AvgIpc) is 3.18. The van der Waals surface area contributed by atoms with Gasteiger partial charge in [-0.15, -0.1) is 11.3 Å². The van der Waals surface area contributed by atoms with E-state index in [1.165, 1.54) is 16.9 Å². The maximum absolute atomic E-state index is 12.6. The molecule has 7 heteroatoms. The summed E-state index contributed by atoms with van der Waals surface area (Å²) < 4.78 is 3.61. The molecule has 0 aromatic carbocycles. The highest BCUT2D eigenvalue weighted by molar-refractivity contribution is 7.20. The molecule has 0 aliphatic heterocycles. The zero-order valence-electron chi connectivity index (χ0n) is 12.8. The molecule has 114 valence electrons. The van der Waals surface area contributed by atoms with Crippen molar-refractivity contribution in [1.29, 1.82) is 0 Å². The van der Waals surface area contributed by atoms with Gasteiger partial charge in [-0.05, 0) is 32.3 Å². The second-order valence-electron chi connectivity index (χ2n) is 5.74. The van der Waals surface area contributed by atoms with Crippen molar-refractivity contribution in [2.24, 2.45) is 14.1 Å². The van der Waals surface area contributed by atoms with E-state index in [2.05, 4.69) is 15.5 Å². The van der Waals surface area contributed by atoms with E-state index in [1.807, 2.05) is 31.8 Å². The van der Waals surface area contributed by atoms with Gasteiger partial charge in [-0.3, -0.25) is 14.2 Å². The first-order valence-corrected chi connectivity index (χ1v) is 8.15. The van der Waals surface area contributed by atoms with Crippen LogP contribution in [0.25, 0.3) is 10.2 Å². The largest absolute Gasteiger partial charge is 0.306 e. The molecule has 1 N–H and O–H groups in total. The van der Waals surface area contributed by atoms with Crippen LogP contribution >= 0.6 is 11.3 Å². The molecule has 3 aromatic rings. The lowest BCUT2D eigenvalue weighted by molar-refractivity contribution is 0.102. The summed E-state index contributed by atoms with van der Waals surface area (Å²) in [6.07, 6.45) is 3.12. The summed E-state index contributed by atoms with van der Waals surface area (Å²) in [5.74, 6) is 0.767. The molecule has 3 aromatic heterocycles. The van der Waals surface area contributed by atoms with E-state index in [9.17, 15) is 4.79 Å². The van der Waals surface area contributed by atoms with Crippen LogP contribution in [0.5, 0.6) is 0 Å². The van der Waals surface area contributed by atoms with E-state index < -0.39 is 0 Å². The lowest BCUT2D eigenvalue weighted by atomic mass is 10.2. The fourth-order valence-electron chi connectivity index (χ4n) is 3.16. The van der Waals surface area contributed by atoms with Crippen LogP contribution in [-0.2, 0) is 26.9 Å². The topological polar surface area (TPSA) is 64.7 Å². The number of rotatable bonds is 2. The minimum absolute atomic E-state index is 0.0710. The van der Waals surface area contributed by atoms with Crippen LogP contribution in [0.2, 0.25) is 0 Å². The van der Waals surface area contributed by atoms with E-state index in [0.29, 0.717) is 4.88 Å². The van der Waals surface area contributed by atoms with Crippen molar-refractivity contribution in [3.05, 3.63) is 27.9 Å². The number of amides is 1. The summed E-state index contributed by atoms with van der Waals surface area (Å²) >= 11 is 1.47. The van der Waals surface area contributed by atoms with Crippen LogP contribution in [0.1, 0.15) is 33.0 Å². The van der Waals surface area contributed by atoms with Crippen LogP contribution in [0.15, 0.2) is 6.07 Å². The van der Waals surface area contributed by atoms with Gasteiger partial charge in [0.15, 0.2) is 0 Å². The Morgan fingerprint density at radius 3 is 2.86 bits per heavy atom. The third-order valence-electron chi connectivity index (χ3n) is 4.22. The molecule has 0 fully saturated rings. The Balaban J connectivity index is 1.68. The number of anilines is 1. The Morgan fingerprint density at radius 1 is 1.27 bits per heavy atom. The highest BCUT2D eigenvalue weighted by atomic mass is 32.1. The maximum atomic E-state index is 12.6. The molecule has 1 amide bonds. The maximum Gasteiger partial charge on any atom is 0.266 e. The summed E-state index contributed by atoms with van der Waals surface area (Å²) in [6.45, 7) is 1.96. The molecule has 0 unspecified atom stereocenters. The standard InChI is InChI=1S/C15H17N5OS/c1-8-10-7-12(22-15(10)20(3)17-8)14(21)16-13-9-5-4-6-11(9)18-19(13)2/h7H,4-6H2,1-3H3,(H,16,21). The number of aryl methyl sites for hydroxylation is 4. The lowest BCUT2D eigenvalue weighted by Gasteiger charge is -2.06. The van der Waals surface area contributed by atoms with Crippen LogP contribution in [-0.4, -0.2) is 25.5 Å². The van der Waals surface area contributed by atoms with Gasteiger partial charge in [0, 0.05) is 25.0 Å². The van der Waals surface area contributed by atoms with E-state index in [-0.39, 0.29) is 5.91 Å². The van der Waals surface area contributed by atoms with E-state index >= 15 is 0 Å². The molecule has 3 heterocycles. The molecule has 0 spiro atoms. The molecule has 0 saturated carbocycles. The quantitative estimate of drug-likeness (QED) is 0.790. The summed E-state index contributed by atoms with van der Waals surface area (Å²) in [6, 6.07) is 1.92. The van der Waals surface area contributed by atoms with Gasteiger partial charge >= 0.3 is 0 Å². The molecule has 6 nitrogen and oxygen atoms in total. The minimum atomic E-state index is -0.0710. The molecule has 0 bridgehead atoms. The molecular formula is C15H17N5OS. The molecule has 4 rings (SSSR count). The highest BCUT2D eigenvalue weighted by Gasteiger charge is 2.23. The van der Waals surface area contributed by atoms with Gasteiger partial charge in [-0.1, -0.05) is 0 Å². The number of nitrogens with one attached hydrogen (secondary N) is 1. The number of nitrogens with zero attached hydrogens (tertiary/aromatic N) is 4. The number of fused-ring (bicyclic) bond motifs is 2. The Morgan fingerprint density at radius 2 is 2.09 bits per heavy atom. The smallest absolute Gasteiger partial charge is 0.266 e. The van der Waals surface area contributed by atoms with E-state index in [4.69, 9.17) is 0 Å². The predicted molar refractivity (Wildman–Crippen MR) is 86.5 cm³/mol. The second-order valence-corrected chi connectivity index (χ2v) is 6.77. The van der Waals surface area contributed by atoms with Crippen molar-refractivity contribution in [3.63, 3.8) is 0 Å². The van der Waals surface area contributed by atoms with E-state index in [1.54, 1.807) is 4.68 Å². The predicted octanol–water partition coefficient (Wildman–Crippen LogP) is 2.42. The lowest BCUT2D eigenvalue weighted by Crippen LogP contribution is -2.14. The summed E-state index contributed by atoms with van der Waals surface area (Å²) in [7, 11) is 3.79. The molecule has 0 radical (unpaired) electrons. The zero-order chi connectivity index (χ0) is 15.4. The summed E-state index contributed by atoms with van der Waals surface area (Å²) in [5, 5.41) is 12.9. The van der Waals surface area contributed by atoms with Crippen molar-refractivity contribution in [3.8, 4) is 0 Å². The van der Waals surface area contributed by atoms with Crippen molar-refractivity contribution in [2.75, 3.05) is 5.32 Å². The van der Waals surface area contributed by atoms with Gasteiger partial charge < -0.3 is 5.32 Å². The number of hydrogen-bond acceptors (Lipinski definition) is 4. The fourth-order valence-corrected chi connectivity index (χ4v) is 4.18. The van der Waals surface area contributed by atoms with E-state index in [0.717, 1.165) is 46.7 Å². The van der Waals surface area contributed by atoms with Gasteiger partial charge in [0.1, 0.15) is 10.6 Å². The van der Waals surface area contributed by atoms with Crippen LogP contribution < -0.4 is 5.32 Å². The average molecular weight is 315 g/mol. The second kappa shape index (κ2) is 4.67. The highest BCUT2D eigenvalue weighted by Crippen LogP contribution is 2.31. The van der Waals surface area contributed by atoms with Gasteiger partial charge in [-0.2, -0.15) is 10.2 Å². The van der Waals surface area contributed by atoms with Crippen LogP contribution in [0, 0.1) is 6.92 Å². The minimum Gasteiger partial charge on any atom is -0.306 e. The van der Waals surface area contributed by atoms with Crippen LogP contribution in [0.3, 0.4) is 0 Å². The van der Waals surface area contributed by atoms with Gasteiger partial charge in [0.25, 0.3) is 5.91 Å². The normalized spacial score (nSPS) is 13.8. The first kappa shape index (κ1) is 13.5. The summed E-state index contributed by atoms with van der Waals surface area (Å²) in [5.41, 5.74) is 3.26. The van der Waals surface area contributed by atoms with Crippen molar-refractivity contribution >= 4 is 33.3 Å². The first-order valence-electron chi connectivity index (χ1n) is 7.34. The molecule has 22 heavy (non-hydrogen) atoms. The van der Waals surface area contributed by atoms with Crippen LogP contribution in [0.4, 0.5) is 5.82 Å². The molecule has 0 atom stereocenters. The van der Waals surface area contributed by atoms with Crippen molar-refractivity contribution in [1.82, 2.24) is 19.6 Å². The number of carbonyl (C=O) groups excluding carboxylic acids is 1. The Hall–Kier alpha value is -2.15. The number of carbonyl (C=O) groups is 1. The monoisotopic (exact) mass is 315 g/mol. The fraction of sp³-hybridized carbons (Fsp3) is 0.400. The first-order chi connectivity index (χ1) is 10.5. The number of aromatic nitrogens is 4. The molecule has 1 aliphatic rings. The number of thiophene rings is 1. The zero-order valence-corrected chi connectivity index (χ0v) is 13.6. The van der Waals surface area contributed by atoms with Gasteiger partial charge in [0.2, 0.25) is 0 Å².